The Kier molecular flexibility index (Phi) is 4.95. The first-order chi connectivity index (χ1) is 7.54. The zero-order valence-corrected chi connectivity index (χ0v) is 11.9. The van der Waals surface area contributed by atoms with Crippen molar-refractivity contribution in [3.05, 3.63) is 26.6 Å². The van der Waals surface area contributed by atoms with Crippen LogP contribution in [0.4, 0.5) is 0 Å². The van der Waals surface area contributed by atoms with E-state index in [4.69, 9.17) is 4.74 Å². The van der Waals surface area contributed by atoms with Crippen molar-refractivity contribution >= 4 is 44.0 Å². The molecule has 0 heterocycles. The fourth-order valence-corrected chi connectivity index (χ4v) is 2.50. The lowest BCUT2D eigenvalue weighted by molar-refractivity contribution is -0.118. The van der Waals surface area contributed by atoms with Gasteiger partial charge in [0.15, 0.2) is 0 Å². The van der Waals surface area contributed by atoms with Crippen molar-refractivity contribution in [3.63, 3.8) is 0 Å². The second-order valence-electron chi connectivity index (χ2n) is 2.94. The number of halogens is 2. The zero-order chi connectivity index (χ0) is 12.1. The highest BCUT2D eigenvalue weighted by Gasteiger charge is 2.07. The minimum atomic E-state index is -0.218. The van der Waals surface area contributed by atoms with Crippen LogP contribution in [0.15, 0.2) is 26.2 Å². The summed E-state index contributed by atoms with van der Waals surface area (Å²) >= 11 is 6.74. The van der Waals surface area contributed by atoms with Gasteiger partial charge in [0.25, 0.3) is 0 Å². The number of rotatable bonds is 3. The molecule has 1 amide bonds. The van der Waals surface area contributed by atoms with Crippen LogP contribution in [-0.4, -0.2) is 19.2 Å². The number of carbonyl (C=O) groups excluding carboxylic acids is 1. The van der Waals surface area contributed by atoms with Crippen molar-refractivity contribution in [1.29, 1.82) is 0 Å². The second kappa shape index (κ2) is 6.00. The van der Waals surface area contributed by atoms with E-state index in [0.29, 0.717) is 5.75 Å². The highest BCUT2D eigenvalue weighted by Crippen LogP contribution is 2.31. The molecule has 0 fully saturated rings. The van der Waals surface area contributed by atoms with Crippen molar-refractivity contribution in [2.45, 2.75) is 6.92 Å². The van der Waals surface area contributed by atoms with Crippen LogP contribution in [0.2, 0.25) is 0 Å². The molecular formula is C10H10Br2N2O2. The summed E-state index contributed by atoms with van der Waals surface area (Å²) in [5.74, 6) is 0.446. The summed E-state index contributed by atoms with van der Waals surface area (Å²) in [6.07, 6.45) is 1.52. The van der Waals surface area contributed by atoms with Gasteiger partial charge < -0.3 is 4.74 Å². The standard InChI is InChI=1S/C10H10Br2N2O2/c1-6(15)14-13-5-7-3-8(11)4-9(12)10(7)16-2/h3-5H,1-2H3,(H,14,15)/b13-5-. The molecule has 4 nitrogen and oxygen atoms in total. The van der Waals surface area contributed by atoms with Crippen LogP contribution in [-0.2, 0) is 4.79 Å². The molecule has 0 aliphatic carbocycles. The maximum atomic E-state index is 10.6. The van der Waals surface area contributed by atoms with Gasteiger partial charge in [0.1, 0.15) is 5.75 Å². The fourth-order valence-electron chi connectivity index (χ4n) is 1.08. The van der Waals surface area contributed by atoms with Crippen LogP contribution >= 0.6 is 31.9 Å². The normalized spacial score (nSPS) is 10.5. The van der Waals surface area contributed by atoms with Gasteiger partial charge in [0.05, 0.1) is 17.8 Å². The van der Waals surface area contributed by atoms with Crippen LogP contribution in [0.3, 0.4) is 0 Å². The summed E-state index contributed by atoms with van der Waals surface area (Å²) in [6.45, 7) is 1.39. The first-order valence-corrected chi connectivity index (χ1v) is 5.96. The van der Waals surface area contributed by atoms with Crippen molar-refractivity contribution in [1.82, 2.24) is 5.43 Å². The van der Waals surface area contributed by atoms with E-state index < -0.39 is 0 Å². The number of hydrogen-bond acceptors (Lipinski definition) is 3. The number of hydrogen-bond donors (Lipinski definition) is 1. The minimum absolute atomic E-state index is 0.218. The Balaban J connectivity index is 3.02. The van der Waals surface area contributed by atoms with Crippen LogP contribution in [0, 0.1) is 0 Å². The van der Waals surface area contributed by atoms with E-state index in [1.807, 2.05) is 12.1 Å². The van der Waals surface area contributed by atoms with Gasteiger partial charge in [0.2, 0.25) is 5.91 Å². The van der Waals surface area contributed by atoms with Crippen LogP contribution < -0.4 is 10.2 Å². The van der Waals surface area contributed by atoms with Gasteiger partial charge in [-0.2, -0.15) is 5.10 Å². The molecule has 1 N–H and O–H groups in total. The summed E-state index contributed by atoms with van der Waals surface area (Å²) in [4.78, 5) is 10.6. The molecule has 0 aromatic heterocycles. The number of carbonyl (C=O) groups is 1. The summed E-state index contributed by atoms with van der Waals surface area (Å²) in [6, 6.07) is 3.71. The average molecular weight is 350 g/mol. The zero-order valence-electron chi connectivity index (χ0n) is 8.75. The van der Waals surface area contributed by atoms with Crippen molar-refractivity contribution < 1.29 is 9.53 Å². The van der Waals surface area contributed by atoms with E-state index in [2.05, 4.69) is 42.4 Å². The lowest BCUT2D eigenvalue weighted by Gasteiger charge is -2.07. The highest BCUT2D eigenvalue weighted by molar-refractivity contribution is 9.11. The number of nitrogens with zero attached hydrogens (tertiary/aromatic N) is 1. The smallest absolute Gasteiger partial charge is 0.236 e. The van der Waals surface area contributed by atoms with Gasteiger partial charge in [-0.05, 0) is 28.1 Å². The summed E-state index contributed by atoms with van der Waals surface area (Å²) in [7, 11) is 1.57. The predicted octanol–water partition coefficient (Wildman–Crippen LogP) is 2.69. The number of amides is 1. The van der Waals surface area contributed by atoms with Gasteiger partial charge in [-0.1, -0.05) is 15.9 Å². The first-order valence-electron chi connectivity index (χ1n) is 4.37. The third-order valence-electron chi connectivity index (χ3n) is 1.67. The number of hydrazone groups is 1. The van der Waals surface area contributed by atoms with Crippen LogP contribution in [0.1, 0.15) is 12.5 Å². The summed E-state index contributed by atoms with van der Waals surface area (Å²) in [5.41, 5.74) is 3.09. The van der Waals surface area contributed by atoms with E-state index in [9.17, 15) is 4.79 Å². The molecule has 1 rings (SSSR count). The maximum Gasteiger partial charge on any atom is 0.236 e. The number of nitrogens with one attached hydrogen (secondary N) is 1. The topological polar surface area (TPSA) is 50.7 Å². The molecule has 0 spiro atoms. The molecular weight excluding hydrogens is 340 g/mol. The largest absolute Gasteiger partial charge is 0.495 e. The Labute approximate surface area is 110 Å². The molecule has 0 aliphatic heterocycles. The first kappa shape index (κ1) is 13.2. The Bertz CT molecular complexity index is 433. The quantitative estimate of drug-likeness (QED) is 0.673. The van der Waals surface area contributed by atoms with Gasteiger partial charge in [-0.25, -0.2) is 5.43 Å². The molecule has 0 radical (unpaired) electrons. The molecule has 0 saturated carbocycles. The van der Waals surface area contributed by atoms with E-state index in [1.165, 1.54) is 13.1 Å². The van der Waals surface area contributed by atoms with E-state index in [-0.39, 0.29) is 5.91 Å². The monoisotopic (exact) mass is 348 g/mol. The Morgan fingerprint density at radius 2 is 2.19 bits per heavy atom. The Morgan fingerprint density at radius 3 is 2.75 bits per heavy atom. The molecule has 16 heavy (non-hydrogen) atoms. The molecule has 0 aliphatic rings. The summed E-state index contributed by atoms with van der Waals surface area (Å²) < 4.78 is 6.92. The molecule has 1 aromatic carbocycles. The van der Waals surface area contributed by atoms with Crippen molar-refractivity contribution in [3.8, 4) is 5.75 Å². The van der Waals surface area contributed by atoms with E-state index in [0.717, 1.165) is 14.5 Å². The molecule has 0 saturated heterocycles. The van der Waals surface area contributed by atoms with Crippen LogP contribution in [0.25, 0.3) is 0 Å². The lowest BCUT2D eigenvalue weighted by Crippen LogP contribution is -2.12. The van der Waals surface area contributed by atoms with Gasteiger partial charge in [-0.15, -0.1) is 0 Å². The van der Waals surface area contributed by atoms with E-state index >= 15 is 0 Å². The number of methoxy groups -OCH3 is 1. The molecule has 0 bridgehead atoms. The third-order valence-corrected chi connectivity index (χ3v) is 2.71. The Morgan fingerprint density at radius 1 is 1.50 bits per heavy atom. The predicted molar refractivity (Wildman–Crippen MR) is 69.8 cm³/mol. The highest BCUT2D eigenvalue weighted by atomic mass is 79.9. The molecule has 0 unspecified atom stereocenters. The Hall–Kier alpha value is -0.880. The lowest BCUT2D eigenvalue weighted by atomic mass is 10.2. The molecule has 1 aromatic rings. The second-order valence-corrected chi connectivity index (χ2v) is 4.71. The number of benzene rings is 1. The van der Waals surface area contributed by atoms with Crippen molar-refractivity contribution in [2.24, 2.45) is 5.10 Å². The number of ether oxygens (including phenoxy) is 1. The van der Waals surface area contributed by atoms with Gasteiger partial charge in [-0.3, -0.25) is 4.79 Å². The maximum absolute atomic E-state index is 10.6. The van der Waals surface area contributed by atoms with E-state index in [1.54, 1.807) is 7.11 Å². The van der Waals surface area contributed by atoms with Crippen LogP contribution in [0.5, 0.6) is 5.75 Å². The summed E-state index contributed by atoms with van der Waals surface area (Å²) in [5, 5.41) is 3.79. The minimum Gasteiger partial charge on any atom is -0.495 e. The SMILES string of the molecule is COc1c(Br)cc(Br)cc1/C=N\NC(C)=O. The average Bonchev–Trinajstić information content (AvgIpc) is 2.16. The fraction of sp³-hybridized carbons (Fsp3) is 0.200. The van der Waals surface area contributed by atoms with Gasteiger partial charge in [0, 0.05) is 17.0 Å². The molecule has 0 atom stereocenters. The van der Waals surface area contributed by atoms with Crippen molar-refractivity contribution in [2.75, 3.05) is 7.11 Å². The molecule has 6 heteroatoms. The third kappa shape index (κ3) is 3.61. The van der Waals surface area contributed by atoms with Gasteiger partial charge >= 0.3 is 0 Å². The molecule has 86 valence electrons.